The van der Waals surface area contributed by atoms with E-state index in [0.29, 0.717) is 12.1 Å². The molecule has 0 aromatic heterocycles. The van der Waals surface area contributed by atoms with Gasteiger partial charge in [0.1, 0.15) is 11.6 Å². The molecule has 1 heterocycles. The molecule has 0 aliphatic carbocycles. The highest BCUT2D eigenvalue weighted by atomic mass is 19.1. The van der Waals surface area contributed by atoms with Gasteiger partial charge in [-0.25, -0.2) is 13.6 Å². The van der Waals surface area contributed by atoms with Crippen LogP contribution in [-0.4, -0.2) is 12.6 Å². The molecule has 0 spiro atoms. The molecule has 74 valence electrons. The van der Waals surface area contributed by atoms with E-state index in [-0.39, 0.29) is 6.03 Å². The normalized spacial score (nSPS) is 20.4. The summed E-state index contributed by atoms with van der Waals surface area (Å²) >= 11 is 0. The molecular formula is C9H8F2N2O. The van der Waals surface area contributed by atoms with Gasteiger partial charge in [-0.15, -0.1) is 0 Å². The van der Waals surface area contributed by atoms with E-state index in [2.05, 4.69) is 10.6 Å². The molecule has 1 saturated heterocycles. The second kappa shape index (κ2) is 3.25. The molecule has 14 heavy (non-hydrogen) atoms. The van der Waals surface area contributed by atoms with E-state index < -0.39 is 17.7 Å². The molecular weight excluding hydrogens is 190 g/mol. The maximum atomic E-state index is 13.2. The molecule has 0 bridgehead atoms. The predicted molar refractivity (Wildman–Crippen MR) is 45.6 cm³/mol. The lowest BCUT2D eigenvalue weighted by Crippen LogP contribution is -2.22. The molecule has 1 fully saturated rings. The van der Waals surface area contributed by atoms with Crippen LogP contribution in [0.25, 0.3) is 0 Å². The van der Waals surface area contributed by atoms with E-state index in [4.69, 9.17) is 0 Å². The SMILES string of the molecule is O=C1NC[C@@H](c2ccc(F)cc2F)N1. The second-order valence-corrected chi connectivity index (χ2v) is 3.07. The van der Waals surface area contributed by atoms with Crippen LogP contribution in [0.15, 0.2) is 18.2 Å². The highest BCUT2D eigenvalue weighted by molar-refractivity contribution is 5.76. The summed E-state index contributed by atoms with van der Waals surface area (Å²) in [5.41, 5.74) is 0.296. The molecule has 5 heteroatoms. The van der Waals surface area contributed by atoms with Crippen molar-refractivity contribution >= 4 is 6.03 Å². The van der Waals surface area contributed by atoms with Crippen molar-refractivity contribution in [3.05, 3.63) is 35.4 Å². The second-order valence-electron chi connectivity index (χ2n) is 3.07. The Morgan fingerprint density at radius 1 is 1.36 bits per heavy atom. The maximum absolute atomic E-state index is 13.2. The van der Waals surface area contributed by atoms with Crippen molar-refractivity contribution in [1.82, 2.24) is 10.6 Å². The highest BCUT2D eigenvalue weighted by Crippen LogP contribution is 2.19. The van der Waals surface area contributed by atoms with E-state index in [1.165, 1.54) is 12.1 Å². The van der Waals surface area contributed by atoms with Gasteiger partial charge in [0.25, 0.3) is 0 Å². The van der Waals surface area contributed by atoms with Crippen molar-refractivity contribution in [1.29, 1.82) is 0 Å². The Hall–Kier alpha value is -1.65. The Morgan fingerprint density at radius 3 is 2.71 bits per heavy atom. The number of halogens is 2. The van der Waals surface area contributed by atoms with Crippen LogP contribution >= 0.6 is 0 Å². The Kier molecular flexibility index (Phi) is 2.07. The molecule has 0 saturated carbocycles. The molecule has 1 aromatic rings. The first kappa shape index (κ1) is 8.93. The van der Waals surface area contributed by atoms with Gasteiger partial charge >= 0.3 is 6.03 Å². The first-order valence-electron chi connectivity index (χ1n) is 4.16. The van der Waals surface area contributed by atoms with Crippen molar-refractivity contribution in [2.75, 3.05) is 6.54 Å². The monoisotopic (exact) mass is 198 g/mol. The zero-order valence-electron chi connectivity index (χ0n) is 7.18. The standard InChI is InChI=1S/C9H8F2N2O/c10-5-1-2-6(7(11)3-5)8-4-12-9(14)13-8/h1-3,8H,4H2,(H2,12,13,14)/t8-/m0/s1. The highest BCUT2D eigenvalue weighted by Gasteiger charge is 2.23. The van der Waals surface area contributed by atoms with Crippen molar-refractivity contribution in [3.63, 3.8) is 0 Å². The third-order valence-electron chi connectivity index (χ3n) is 2.11. The summed E-state index contributed by atoms with van der Waals surface area (Å²) in [6.07, 6.45) is 0. The smallest absolute Gasteiger partial charge is 0.315 e. The molecule has 1 aromatic carbocycles. The Balaban J connectivity index is 2.28. The third-order valence-corrected chi connectivity index (χ3v) is 2.11. The summed E-state index contributed by atoms with van der Waals surface area (Å²) in [4.78, 5) is 10.8. The largest absolute Gasteiger partial charge is 0.336 e. The van der Waals surface area contributed by atoms with Gasteiger partial charge in [-0.1, -0.05) is 6.07 Å². The molecule has 1 aliphatic heterocycles. The van der Waals surface area contributed by atoms with Crippen molar-refractivity contribution < 1.29 is 13.6 Å². The summed E-state index contributed by atoms with van der Waals surface area (Å²) in [5, 5.41) is 5.02. The minimum Gasteiger partial charge on any atom is -0.336 e. The average molecular weight is 198 g/mol. The van der Waals surface area contributed by atoms with Crippen LogP contribution in [0.4, 0.5) is 13.6 Å². The lowest BCUT2D eigenvalue weighted by Gasteiger charge is -2.09. The zero-order valence-corrected chi connectivity index (χ0v) is 7.18. The fourth-order valence-electron chi connectivity index (χ4n) is 1.43. The van der Waals surface area contributed by atoms with E-state index in [9.17, 15) is 13.6 Å². The fraction of sp³-hybridized carbons (Fsp3) is 0.222. The number of amides is 2. The summed E-state index contributed by atoms with van der Waals surface area (Å²) in [6.45, 7) is 0.321. The molecule has 0 unspecified atom stereocenters. The number of rotatable bonds is 1. The number of nitrogens with one attached hydrogen (secondary N) is 2. The van der Waals surface area contributed by atoms with Crippen LogP contribution in [-0.2, 0) is 0 Å². The van der Waals surface area contributed by atoms with Crippen molar-refractivity contribution in [2.45, 2.75) is 6.04 Å². The number of hydrogen-bond donors (Lipinski definition) is 2. The van der Waals surface area contributed by atoms with Crippen LogP contribution in [0.2, 0.25) is 0 Å². The minimum atomic E-state index is -0.640. The van der Waals surface area contributed by atoms with Crippen molar-refractivity contribution in [3.8, 4) is 0 Å². The van der Waals surface area contributed by atoms with Gasteiger partial charge in [-0.05, 0) is 6.07 Å². The van der Waals surface area contributed by atoms with E-state index in [0.717, 1.165) is 6.07 Å². The Bertz CT molecular complexity index is 381. The molecule has 2 amide bonds. The number of benzene rings is 1. The molecule has 3 nitrogen and oxygen atoms in total. The Labute approximate surface area is 79.1 Å². The van der Waals surface area contributed by atoms with E-state index in [1.54, 1.807) is 0 Å². The van der Waals surface area contributed by atoms with Crippen LogP contribution < -0.4 is 10.6 Å². The minimum absolute atomic E-state index is 0.296. The van der Waals surface area contributed by atoms with Gasteiger partial charge in [0.2, 0.25) is 0 Å². The molecule has 2 rings (SSSR count). The van der Waals surface area contributed by atoms with Crippen molar-refractivity contribution in [2.24, 2.45) is 0 Å². The van der Waals surface area contributed by atoms with Gasteiger partial charge in [0.15, 0.2) is 0 Å². The number of carbonyl (C=O) groups is 1. The van der Waals surface area contributed by atoms with Crippen LogP contribution in [0.5, 0.6) is 0 Å². The zero-order chi connectivity index (χ0) is 10.1. The van der Waals surface area contributed by atoms with Gasteiger partial charge in [-0.3, -0.25) is 0 Å². The number of hydrogen-bond acceptors (Lipinski definition) is 1. The van der Waals surface area contributed by atoms with E-state index in [1.807, 2.05) is 0 Å². The first-order chi connectivity index (χ1) is 6.66. The average Bonchev–Trinajstić information content (AvgIpc) is 2.51. The predicted octanol–water partition coefficient (Wildman–Crippen LogP) is 1.32. The lowest BCUT2D eigenvalue weighted by atomic mass is 10.1. The first-order valence-corrected chi connectivity index (χ1v) is 4.16. The summed E-state index contributed by atoms with van der Waals surface area (Å²) < 4.78 is 25.8. The summed E-state index contributed by atoms with van der Waals surface area (Å²) in [6, 6.07) is 2.56. The van der Waals surface area contributed by atoms with Crippen LogP contribution in [0, 0.1) is 11.6 Å². The maximum Gasteiger partial charge on any atom is 0.315 e. The summed E-state index contributed by atoms with van der Waals surface area (Å²) in [7, 11) is 0. The number of carbonyl (C=O) groups excluding carboxylic acids is 1. The summed E-state index contributed by atoms with van der Waals surface area (Å²) in [5.74, 6) is -1.26. The Morgan fingerprint density at radius 2 is 2.14 bits per heavy atom. The number of urea groups is 1. The van der Waals surface area contributed by atoms with Crippen LogP contribution in [0.3, 0.4) is 0 Å². The van der Waals surface area contributed by atoms with Gasteiger partial charge in [0, 0.05) is 18.2 Å². The lowest BCUT2D eigenvalue weighted by molar-refractivity contribution is 0.247. The van der Waals surface area contributed by atoms with Gasteiger partial charge in [0.05, 0.1) is 6.04 Å². The van der Waals surface area contributed by atoms with Crippen LogP contribution in [0.1, 0.15) is 11.6 Å². The fourth-order valence-corrected chi connectivity index (χ4v) is 1.43. The van der Waals surface area contributed by atoms with Gasteiger partial charge < -0.3 is 10.6 Å². The topological polar surface area (TPSA) is 41.1 Å². The van der Waals surface area contributed by atoms with Gasteiger partial charge in [-0.2, -0.15) is 0 Å². The molecule has 2 N–H and O–H groups in total. The quantitative estimate of drug-likeness (QED) is 0.702. The third kappa shape index (κ3) is 1.53. The molecule has 1 aliphatic rings. The molecule has 0 radical (unpaired) electrons. The van der Waals surface area contributed by atoms with E-state index >= 15 is 0 Å². The molecule has 1 atom stereocenters.